The molecule has 0 saturated heterocycles. The minimum Gasteiger partial charge on any atom is -0.387 e. The van der Waals surface area contributed by atoms with Gasteiger partial charge in [-0.25, -0.2) is 0 Å². The van der Waals surface area contributed by atoms with Gasteiger partial charge >= 0.3 is 0 Å². The molecule has 2 nitrogen and oxygen atoms in total. The number of unbranched alkanes of at least 4 members (excludes halogenated alkanes) is 1. The van der Waals surface area contributed by atoms with Crippen molar-refractivity contribution in [3.8, 4) is 0 Å². The van der Waals surface area contributed by atoms with Crippen LogP contribution in [0.3, 0.4) is 0 Å². The van der Waals surface area contributed by atoms with Crippen molar-refractivity contribution in [3.05, 3.63) is 29.3 Å². The van der Waals surface area contributed by atoms with Gasteiger partial charge < -0.3 is 5.73 Å². The van der Waals surface area contributed by atoms with E-state index in [2.05, 4.69) is 32.0 Å². The molecule has 3 N–H and O–H groups in total. The van der Waals surface area contributed by atoms with Gasteiger partial charge in [0.25, 0.3) is 0 Å². The molecule has 0 heterocycles. The van der Waals surface area contributed by atoms with Gasteiger partial charge in [0.2, 0.25) is 0 Å². The third-order valence-corrected chi connectivity index (χ3v) is 4.77. The Bertz CT molecular complexity index is 438. The molecule has 0 bridgehead atoms. The second-order valence-corrected chi connectivity index (χ2v) is 7.01. The first kappa shape index (κ1) is 16.1. The first-order valence-electron chi connectivity index (χ1n) is 6.87. The number of rotatable bonds is 7. The Morgan fingerprint density at radius 3 is 2.58 bits per heavy atom. The summed E-state index contributed by atoms with van der Waals surface area (Å²) in [5.74, 6) is 1.44. The van der Waals surface area contributed by atoms with E-state index >= 15 is 0 Å². The summed E-state index contributed by atoms with van der Waals surface area (Å²) in [4.78, 5) is 1.39. The van der Waals surface area contributed by atoms with Crippen LogP contribution in [0.5, 0.6) is 0 Å². The molecule has 0 unspecified atom stereocenters. The lowest BCUT2D eigenvalue weighted by atomic mass is 9.86. The van der Waals surface area contributed by atoms with E-state index in [0.29, 0.717) is 5.84 Å². The molecule has 0 radical (unpaired) electrons. The first-order chi connectivity index (χ1) is 8.83. The zero-order valence-electron chi connectivity index (χ0n) is 12.5. The van der Waals surface area contributed by atoms with Gasteiger partial charge in [-0.3, -0.25) is 5.41 Å². The fraction of sp³-hybridized carbons (Fsp3) is 0.562. The van der Waals surface area contributed by atoms with E-state index in [9.17, 15) is 0 Å². The lowest BCUT2D eigenvalue weighted by Gasteiger charge is -2.22. The molecule has 3 heteroatoms. The van der Waals surface area contributed by atoms with Gasteiger partial charge in [0.15, 0.2) is 0 Å². The predicted molar refractivity (Wildman–Crippen MR) is 86.2 cm³/mol. The number of benzene rings is 1. The monoisotopic (exact) mass is 278 g/mol. The normalized spacial score (nSPS) is 11.6. The average molecular weight is 278 g/mol. The van der Waals surface area contributed by atoms with Crippen molar-refractivity contribution in [2.24, 2.45) is 11.1 Å². The highest BCUT2D eigenvalue weighted by Crippen LogP contribution is 2.27. The van der Waals surface area contributed by atoms with Gasteiger partial charge in [-0.2, -0.15) is 0 Å². The van der Waals surface area contributed by atoms with Gasteiger partial charge in [0.1, 0.15) is 0 Å². The second kappa shape index (κ2) is 6.99. The molecule has 0 aromatic heterocycles. The summed E-state index contributed by atoms with van der Waals surface area (Å²) in [6.45, 7) is 8.40. The lowest BCUT2D eigenvalue weighted by molar-refractivity contribution is 0.448. The first-order valence-corrected chi connectivity index (χ1v) is 7.86. The van der Waals surface area contributed by atoms with Crippen molar-refractivity contribution >= 4 is 17.6 Å². The fourth-order valence-electron chi connectivity index (χ4n) is 1.85. The van der Waals surface area contributed by atoms with Crippen LogP contribution in [0.25, 0.3) is 0 Å². The lowest BCUT2D eigenvalue weighted by Crippen LogP contribution is -2.30. The van der Waals surface area contributed by atoms with Crippen molar-refractivity contribution in [2.45, 2.75) is 51.9 Å². The summed E-state index contributed by atoms with van der Waals surface area (Å²) in [7, 11) is 0. The third-order valence-electron chi connectivity index (χ3n) is 3.53. The molecule has 0 atom stereocenters. The summed E-state index contributed by atoms with van der Waals surface area (Å²) in [5, 5.41) is 7.54. The van der Waals surface area contributed by atoms with Crippen LogP contribution < -0.4 is 5.73 Å². The van der Waals surface area contributed by atoms with Crippen molar-refractivity contribution in [3.63, 3.8) is 0 Å². The smallest absolute Gasteiger partial charge is 0.0963 e. The summed E-state index contributed by atoms with van der Waals surface area (Å²) in [5.41, 5.74) is 8.13. The zero-order valence-corrected chi connectivity index (χ0v) is 13.4. The Morgan fingerprint density at radius 2 is 1.95 bits per heavy atom. The molecule has 0 aliphatic rings. The van der Waals surface area contributed by atoms with Crippen molar-refractivity contribution in [1.29, 1.82) is 5.41 Å². The molecule has 19 heavy (non-hydrogen) atoms. The van der Waals surface area contributed by atoms with Crippen LogP contribution in [0.4, 0.5) is 0 Å². The Morgan fingerprint density at radius 1 is 1.26 bits per heavy atom. The van der Waals surface area contributed by atoms with Gasteiger partial charge in [-0.05, 0) is 44.1 Å². The average Bonchev–Trinajstić information content (AvgIpc) is 2.32. The molecule has 0 saturated carbocycles. The second-order valence-electron chi connectivity index (χ2n) is 5.87. The minimum absolute atomic E-state index is 0.149. The van der Waals surface area contributed by atoms with Crippen LogP contribution in [-0.2, 0) is 0 Å². The zero-order chi connectivity index (χ0) is 14.5. The predicted octanol–water partition coefficient (Wildman–Crippen LogP) is 4.53. The maximum absolute atomic E-state index is 7.54. The van der Waals surface area contributed by atoms with Crippen LogP contribution in [0, 0.1) is 24.7 Å². The number of hydrogen-bond donors (Lipinski definition) is 2. The minimum atomic E-state index is -0.149. The Hall–Kier alpha value is -0.960. The highest BCUT2D eigenvalue weighted by Gasteiger charge is 2.20. The molecule has 0 fully saturated rings. The van der Waals surface area contributed by atoms with E-state index in [-0.39, 0.29) is 5.41 Å². The van der Waals surface area contributed by atoms with Gasteiger partial charge in [-0.15, -0.1) is 11.8 Å². The molecular weight excluding hydrogens is 252 g/mol. The summed E-state index contributed by atoms with van der Waals surface area (Å²) in [6, 6.07) is 6.62. The summed E-state index contributed by atoms with van der Waals surface area (Å²) in [6.07, 6.45) is 3.30. The van der Waals surface area contributed by atoms with E-state index in [4.69, 9.17) is 11.1 Å². The Kier molecular flexibility index (Phi) is 5.92. The molecule has 0 aliphatic heterocycles. The SMILES string of the molecule is Cc1ccc(C)c(SCCCCC(C)(C)C(=N)N)c1. The van der Waals surface area contributed by atoms with E-state index in [1.807, 2.05) is 25.6 Å². The van der Waals surface area contributed by atoms with Gasteiger partial charge in [0, 0.05) is 10.3 Å². The van der Waals surface area contributed by atoms with E-state index in [1.54, 1.807) is 0 Å². The van der Waals surface area contributed by atoms with Crippen molar-refractivity contribution in [2.75, 3.05) is 5.75 Å². The highest BCUT2D eigenvalue weighted by molar-refractivity contribution is 7.99. The van der Waals surface area contributed by atoms with E-state index in [0.717, 1.165) is 18.6 Å². The maximum atomic E-state index is 7.54. The maximum Gasteiger partial charge on any atom is 0.0963 e. The molecule has 1 aromatic rings. The highest BCUT2D eigenvalue weighted by atomic mass is 32.2. The largest absolute Gasteiger partial charge is 0.387 e. The van der Waals surface area contributed by atoms with Crippen LogP contribution in [0.2, 0.25) is 0 Å². The molecule has 1 aromatic carbocycles. The Labute approximate surface area is 121 Å². The third kappa shape index (κ3) is 5.27. The number of nitrogens with one attached hydrogen (secondary N) is 1. The molecule has 0 aliphatic carbocycles. The summed E-state index contributed by atoms with van der Waals surface area (Å²) < 4.78 is 0. The molecule has 106 valence electrons. The number of thioether (sulfide) groups is 1. The molecule has 1 rings (SSSR count). The number of hydrogen-bond acceptors (Lipinski definition) is 2. The van der Waals surface area contributed by atoms with Crippen LogP contribution in [0.15, 0.2) is 23.1 Å². The van der Waals surface area contributed by atoms with Crippen LogP contribution in [0.1, 0.15) is 44.2 Å². The van der Waals surface area contributed by atoms with Crippen LogP contribution in [-0.4, -0.2) is 11.6 Å². The topological polar surface area (TPSA) is 49.9 Å². The number of aryl methyl sites for hydroxylation is 2. The molecule has 0 spiro atoms. The van der Waals surface area contributed by atoms with Gasteiger partial charge in [-0.1, -0.05) is 38.0 Å². The summed E-state index contributed by atoms with van der Waals surface area (Å²) >= 11 is 1.94. The van der Waals surface area contributed by atoms with E-state index in [1.165, 1.54) is 22.4 Å². The fourth-order valence-corrected chi connectivity index (χ4v) is 2.98. The standard InChI is InChI=1S/C16H26N2S/c1-12-7-8-13(2)14(11-12)19-10-6-5-9-16(3,4)15(17)18/h7-8,11H,5-6,9-10H2,1-4H3,(H3,17,18). The van der Waals surface area contributed by atoms with Crippen molar-refractivity contribution in [1.82, 2.24) is 0 Å². The van der Waals surface area contributed by atoms with Crippen LogP contribution >= 0.6 is 11.8 Å². The molecule has 0 amide bonds. The number of nitrogens with two attached hydrogens (primary N) is 1. The number of amidine groups is 1. The molecular formula is C16H26N2S. The quantitative estimate of drug-likeness (QED) is 0.333. The van der Waals surface area contributed by atoms with Crippen molar-refractivity contribution < 1.29 is 0 Å². The van der Waals surface area contributed by atoms with Gasteiger partial charge in [0.05, 0.1) is 5.84 Å². The Balaban J connectivity index is 2.32. The van der Waals surface area contributed by atoms with E-state index < -0.39 is 0 Å².